The summed E-state index contributed by atoms with van der Waals surface area (Å²) in [5.74, 6) is 0.812. The SMILES string of the molecule is COc1ccccc1N1CCN(S(=O)(=O)c2cn(C3CCCC3)nc2C(C)(C)C)CC1. The van der Waals surface area contributed by atoms with Gasteiger partial charge in [0.2, 0.25) is 10.0 Å². The van der Waals surface area contributed by atoms with E-state index in [-0.39, 0.29) is 5.41 Å². The van der Waals surface area contributed by atoms with Gasteiger partial charge in [-0.1, -0.05) is 45.7 Å². The molecule has 0 unspecified atom stereocenters. The van der Waals surface area contributed by atoms with E-state index in [1.54, 1.807) is 17.6 Å². The Morgan fingerprint density at radius 2 is 1.68 bits per heavy atom. The number of benzene rings is 1. The highest BCUT2D eigenvalue weighted by atomic mass is 32.2. The van der Waals surface area contributed by atoms with Gasteiger partial charge in [-0.15, -0.1) is 0 Å². The molecule has 170 valence electrons. The number of aromatic nitrogens is 2. The minimum absolute atomic E-state index is 0.312. The number of rotatable bonds is 5. The quantitative estimate of drug-likeness (QED) is 0.699. The van der Waals surface area contributed by atoms with Gasteiger partial charge in [-0.05, 0) is 25.0 Å². The van der Waals surface area contributed by atoms with E-state index >= 15 is 0 Å². The van der Waals surface area contributed by atoms with E-state index in [0.717, 1.165) is 24.3 Å². The topological polar surface area (TPSA) is 67.7 Å². The molecule has 31 heavy (non-hydrogen) atoms. The first-order valence-corrected chi connectivity index (χ1v) is 12.6. The summed E-state index contributed by atoms with van der Waals surface area (Å²) < 4.78 is 36.4. The zero-order valence-corrected chi connectivity index (χ0v) is 19.9. The van der Waals surface area contributed by atoms with E-state index in [9.17, 15) is 8.42 Å². The van der Waals surface area contributed by atoms with Crippen molar-refractivity contribution in [3.63, 3.8) is 0 Å². The van der Waals surface area contributed by atoms with Gasteiger partial charge in [-0.2, -0.15) is 9.40 Å². The molecule has 0 N–H and O–H groups in total. The molecule has 1 aromatic heterocycles. The van der Waals surface area contributed by atoms with Crippen molar-refractivity contribution in [3.05, 3.63) is 36.2 Å². The number of hydrogen-bond acceptors (Lipinski definition) is 5. The van der Waals surface area contributed by atoms with E-state index in [1.807, 2.05) is 49.7 Å². The lowest BCUT2D eigenvalue weighted by molar-refractivity contribution is 0.377. The first-order chi connectivity index (χ1) is 14.7. The van der Waals surface area contributed by atoms with Crippen molar-refractivity contribution < 1.29 is 13.2 Å². The summed E-state index contributed by atoms with van der Waals surface area (Å²) in [4.78, 5) is 2.56. The maximum Gasteiger partial charge on any atom is 0.246 e. The molecule has 0 bridgehead atoms. The largest absolute Gasteiger partial charge is 0.495 e. The van der Waals surface area contributed by atoms with Crippen molar-refractivity contribution in [2.75, 3.05) is 38.2 Å². The molecule has 2 aromatic rings. The summed E-state index contributed by atoms with van der Waals surface area (Å²) in [6.07, 6.45) is 6.30. The van der Waals surface area contributed by atoms with Gasteiger partial charge in [-0.3, -0.25) is 4.68 Å². The first-order valence-electron chi connectivity index (χ1n) is 11.2. The Labute approximate surface area is 186 Å². The van der Waals surface area contributed by atoms with Gasteiger partial charge < -0.3 is 9.64 Å². The number of para-hydroxylation sites is 2. The van der Waals surface area contributed by atoms with Crippen LogP contribution in [-0.2, 0) is 15.4 Å². The van der Waals surface area contributed by atoms with Gasteiger partial charge in [0.15, 0.2) is 0 Å². The third-order valence-corrected chi connectivity index (χ3v) is 8.29. The number of methoxy groups -OCH3 is 1. The van der Waals surface area contributed by atoms with Crippen LogP contribution < -0.4 is 9.64 Å². The smallest absolute Gasteiger partial charge is 0.246 e. The molecule has 1 aromatic carbocycles. The molecule has 0 spiro atoms. The van der Waals surface area contributed by atoms with Crippen LogP contribution in [-0.4, -0.2) is 55.8 Å². The van der Waals surface area contributed by atoms with Crippen molar-refractivity contribution in [1.82, 2.24) is 14.1 Å². The lowest BCUT2D eigenvalue weighted by Gasteiger charge is -2.36. The molecule has 8 heteroatoms. The molecule has 7 nitrogen and oxygen atoms in total. The van der Waals surface area contributed by atoms with Crippen molar-refractivity contribution >= 4 is 15.7 Å². The summed E-state index contributed by atoms with van der Waals surface area (Å²) >= 11 is 0. The fourth-order valence-corrected chi connectivity index (χ4v) is 6.39. The number of hydrogen-bond donors (Lipinski definition) is 0. The number of anilines is 1. The Morgan fingerprint density at radius 3 is 2.29 bits per heavy atom. The third kappa shape index (κ3) is 4.32. The lowest BCUT2D eigenvalue weighted by atomic mass is 9.92. The van der Waals surface area contributed by atoms with Crippen molar-refractivity contribution in [3.8, 4) is 5.75 Å². The second kappa shape index (κ2) is 8.47. The van der Waals surface area contributed by atoms with Crippen LogP contribution in [0.4, 0.5) is 5.69 Å². The van der Waals surface area contributed by atoms with Crippen molar-refractivity contribution in [1.29, 1.82) is 0 Å². The van der Waals surface area contributed by atoms with Crippen LogP contribution in [0.5, 0.6) is 5.75 Å². The zero-order valence-electron chi connectivity index (χ0n) is 19.0. The van der Waals surface area contributed by atoms with Gasteiger partial charge in [0.25, 0.3) is 0 Å². The molecular formula is C23H34N4O3S. The Balaban J connectivity index is 1.58. The van der Waals surface area contributed by atoms with Crippen LogP contribution in [0.15, 0.2) is 35.4 Å². The van der Waals surface area contributed by atoms with Gasteiger partial charge in [0, 0.05) is 37.8 Å². The normalized spacial score (nSPS) is 19.2. The van der Waals surface area contributed by atoms with Gasteiger partial charge in [0.1, 0.15) is 10.6 Å². The molecule has 1 aliphatic carbocycles. The van der Waals surface area contributed by atoms with E-state index in [4.69, 9.17) is 9.84 Å². The molecule has 2 heterocycles. The number of sulfonamides is 1. The summed E-state index contributed by atoms with van der Waals surface area (Å²) in [5, 5.41) is 4.79. The summed E-state index contributed by atoms with van der Waals surface area (Å²) in [6.45, 7) is 8.24. The fourth-order valence-electron chi connectivity index (χ4n) is 4.64. The average molecular weight is 447 g/mol. The van der Waals surface area contributed by atoms with E-state index < -0.39 is 10.0 Å². The predicted octanol–water partition coefficient (Wildman–Crippen LogP) is 3.82. The van der Waals surface area contributed by atoms with Crippen LogP contribution in [0.2, 0.25) is 0 Å². The molecule has 2 aliphatic rings. The highest BCUT2D eigenvalue weighted by Gasteiger charge is 2.36. The number of piperazine rings is 1. The Morgan fingerprint density at radius 1 is 1.03 bits per heavy atom. The van der Waals surface area contributed by atoms with Crippen LogP contribution in [0.1, 0.15) is 58.2 Å². The molecule has 1 saturated carbocycles. The molecule has 4 rings (SSSR count). The van der Waals surface area contributed by atoms with Gasteiger partial charge in [-0.25, -0.2) is 8.42 Å². The lowest BCUT2D eigenvalue weighted by Crippen LogP contribution is -2.49. The van der Waals surface area contributed by atoms with Gasteiger partial charge >= 0.3 is 0 Å². The molecule has 0 atom stereocenters. The Kier molecular flexibility index (Phi) is 6.05. The second-order valence-electron chi connectivity index (χ2n) is 9.57. The minimum Gasteiger partial charge on any atom is -0.495 e. The van der Waals surface area contributed by atoms with Crippen molar-refractivity contribution in [2.24, 2.45) is 0 Å². The fraction of sp³-hybridized carbons (Fsp3) is 0.609. The third-order valence-electron chi connectivity index (χ3n) is 6.39. The Bertz CT molecular complexity index is 1010. The highest BCUT2D eigenvalue weighted by Crippen LogP contribution is 2.35. The van der Waals surface area contributed by atoms with Crippen molar-refractivity contribution in [2.45, 2.75) is 62.8 Å². The van der Waals surface area contributed by atoms with E-state index in [1.165, 1.54) is 12.8 Å². The van der Waals surface area contributed by atoms with Crippen LogP contribution in [0.25, 0.3) is 0 Å². The van der Waals surface area contributed by atoms with Gasteiger partial charge in [0.05, 0.1) is 24.5 Å². The summed E-state index contributed by atoms with van der Waals surface area (Å²) in [7, 11) is -1.95. The van der Waals surface area contributed by atoms with E-state index in [2.05, 4.69) is 4.90 Å². The number of nitrogens with zero attached hydrogens (tertiary/aromatic N) is 4. The second-order valence-corrected chi connectivity index (χ2v) is 11.5. The minimum atomic E-state index is -3.61. The standard InChI is InChI=1S/C23H34N4O3S/c1-23(2,3)22-21(17-27(24-22)18-9-5-6-10-18)31(28,29)26-15-13-25(14-16-26)19-11-7-8-12-20(19)30-4/h7-8,11-12,17-18H,5-6,9-10,13-16H2,1-4H3. The number of ether oxygens (including phenoxy) is 1. The Hall–Kier alpha value is -2.06. The molecule has 1 aliphatic heterocycles. The monoisotopic (exact) mass is 446 g/mol. The molecule has 2 fully saturated rings. The van der Waals surface area contributed by atoms with Crippen LogP contribution >= 0.6 is 0 Å². The molecular weight excluding hydrogens is 412 g/mol. The molecule has 0 amide bonds. The molecule has 1 saturated heterocycles. The predicted molar refractivity (Wildman–Crippen MR) is 122 cm³/mol. The zero-order chi connectivity index (χ0) is 22.2. The maximum atomic E-state index is 13.7. The average Bonchev–Trinajstić information content (AvgIpc) is 3.43. The molecule has 0 radical (unpaired) electrons. The van der Waals surface area contributed by atoms with Crippen LogP contribution in [0.3, 0.4) is 0 Å². The first kappa shape index (κ1) is 22.1. The maximum absolute atomic E-state index is 13.7. The summed E-state index contributed by atoms with van der Waals surface area (Å²) in [6, 6.07) is 8.19. The summed E-state index contributed by atoms with van der Waals surface area (Å²) in [5.41, 5.74) is 1.34. The van der Waals surface area contributed by atoms with Crippen LogP contribution in [0, 0.1) is 0 Å². The highest BCUT2D eigenvalue weighted by molar-refractivity contribution is 7.89. The van der Waals surface area contributed by atoms with E-state index in [0.29, 0.717) is 42.8 Å².